The molecule has 4 rings (SSSR count). The second-order valence-corrected chi connectivity index (χ2v) is 7.66. The minimum absolute atomic E-state index is 0.179. The number of amides is 1. The van der Waals surface area contributed by atoms with Gasteiger partial charge in [0.2, 0.25) is 0 Å². The van der Waals surface area contributed by atoms with Crippen molar-refractivity contribution in [2.24, 2.45) is 5.10 Å². The van der Waals surface area contributed by atoms with Gasteiger partial charge in [0.15, 0.2) is 6.61 Å². The van der Waals surface area contributed by atoms with Crippen LogP contribution in [0, 0.1) is 0 Å². The average Bonchev–Trinajstić information content (AvgIpc) is 2.93. The van der Waals surface area contributed by atoms with Gasteiger partial charge in [-0.05, 0) is 65.2 Å². The Kier molecular flexibility index (Phi) is 8.07. The highest BCUT2D eigenvalue weighted by atomic mass is 16.5. The lowest BCUT2D eigenvalue weighted by molar-refractivity contribution is -0.123. The highest BCUT2D eigenvalue weighted by Gasteiger charge is 2.09. The Morgan fingerprint density at radius 2 is 1.47 bits per heavy atom. The molecule has 7 heteroatoms. The van der Waals surface area contributed by atoms with Gasteiger partial charge in [-0.1, -0.05) is 54.6 Å². The van der Waals surface area contributed by atoms with Crippen molar-refractivity contribution in [3.05, 3.63) is 114 Å². The molecule has 0 spiro atoms. The van der Waals surface area contributed by atoms with Crippen molar-refractivity contribution < 1.29 is 23.8 Å². The zero-order valence-corrected chi connectivity index (χ0v) is 19.6. The number of nitrogens with one attached hydrogen (secondary N) is 1. The van der Waals surface area contributed by atoms with Gasteiger partial charge < -0.3 is 14.2 Å². The summed E-state index contributed by atoms with van der Waals surface area (Å²) in [4.78, 5) is 24.4. The van der Waals surface area contributed by atoms with Crippen LogP contribution in [0.2, 0.25) is 0 Å². The molecule has 0 radical (unpaired) electrons. The summed E-state index contributed by atoms with van der Waals surface area (Å²) in [7, 11) is 1.56. The van der Waals surface area contributed by atoms with Crippen molar-refractivity contribution in [3.63, 3.8) is 0 Å². The van der Waals surface area contributed by atoms with Crippen LogP contribution >= 0.6 is 0 Å². The summed E-state index contributed by atoms with van der Waals surface area (Å²) in [6.45, 7) is -0.179. The number of nitrogens with zero attached hydrogens (tertiary/aromatic N) is 1. The van der Waals surface area contributed by atoms with Crippen LogP contribution in [0.4, 0.5) is 0 Å². The van der Waals surface area contributed by atoms with Gasteiger partial charge >= 0.3 is 5.97 Å². The van der Waals surface area contributed by atoms with Crippen LogP contribution in [0.15, 0.2) is 108 Å². The molecule has 1 N–H and O–H groups in total. The van der Waals surface area contributed by atoms with E-state index in [1.54, 1.807) is 55.6 Å². The summed E-state index contributed by atoms with van der Waals surface area (Å²) in [5, 5.41) is 3.95. The maximum Gasteiger partial charge on any atom is 0.343 e. The molecule has 180 valence electrons. The van der Waals surface area contributed by atoms with Crippen molar-refractivity contribution in [1.82, 2.24) is 5.43 Å². The van der Waals surface area contributed by atoms with Crippen LogP contribution in [-0.4, -0.2) is 31.8 Å². The molecule has 1 amide bonds. The first-order chi connectivity index (χ1) is 17.6. The fourth-order valence-corrected chi connectivity index (χ4v) is 3.29. The summed E-state index contributed by atoms with van der Waals surface area (Å²) in [6.07, 6.45) is 1.46. The minimum atomic E-state index is -0.492. The average molecular weight is 481 g/mol. The van der Waals surface area contributed by atoms with E-state index in [0.29, 0.717) is 28.4 Å². The highest BCUT2D eigenvalue weighted by molar-refractivity contribution is 5.91. The van der Waals surface area contributed by atoms with Crippen LogP contribution in [-0.2, 0) is 4.79 Å². The molecule has 0 fully saturated rings. The summed E-state index contributed by atoms with van der Waals surface area (Å²) < 4.78 is 16.0. The van der Waals surface area contributed by atoms with Gasteiger partial charge in [0, 0.05) is 0 Å². The normalized spacial score (nSPS) is 10.6. The summed E-state index contributed by atoms with van der Waals surface area (Å²) in [5.41, 5.74) is 5.64. The van der Waals surface area contributed by atoms with E-state index in [0.717, 1.165) is 11.1 Å². The number of benzene rings is 4. The Balaban J connectivity index is 1.25. The number of carbonyl (C=O) groups is 2. The van der Waals surface area contributed by atoms with E-state index >= 15 is 0 Å². The SMILES string of the molecule is COc1ccc(C(=O)Oc2cccc(C=NNC(=O)COc3ccc(-c4ccccc4)cc3)c2)cc1. The number of carbonyl (C=O) groups excluding carboxylic acids is 2. The lowest BCUT2D eigenvalue weighted by atomic mass is 10.1. The number of esters is 1. The number of ether oxygens (including phenoxy) is 3. The Morgan fingerprint density at radius 1 is 0.778 bits per heavy atom. The second-order valence-electron chi connectivity index (χ2n) is 7.66. The Labute approximate surface area is 209 Å². The standard InChI is InChI=1S/C29H24N2O5/c1-34-25-14-12-24(13-15-25)29(33)36-27-9-5-6-21(18-27)19-30-31-28(32)20-35-26-16-10-23(11-17-26)22-7-3-2-4-8-22/h2-19H,20H2,1H3,(H,31,32). The van der Waals surface area contributed by atoms with Crippen molar-refractivity contribution in [3.8, 4) is 28.4 Å². The van der Waals surface area contributed by atoms with Crippen LogP contribution < -0.4 is 19.6 Å². The van der Waals surface area contributed by atoms with Gasteiger partial charge in [-0.2, -0.15) is 5.10 Å². The van der Waals surface area contributed by atoms with Gasteiger partial charge in [0.1, 0.15) is 17.2 Å². The fraction of sp³-hybridized carbons (Fsp3) is 0.0690. The molecule has 0 saturated heterocycles. The molecule has 0 aliphatic rings. The predicted molar refractivity (Wildman–Crippen MR) is 138 cm³/mol. The first-order valence-electron chi connectivity index (χ1n) is 11.2. The molecular weight excluding hydrogens is 456 g/mol. The number of hydrazone groups is 1. The maximum atomic E-state index is 12.3. The number of rotatable bonds is 9. The molecule has 0 saturated carbocycles. The fourth-order valence-electron chi connectivity index (χ4n) is 3.29. The third kappa shape index (κ3) is 6.80. The quantitative estimate of drug-likeness (QED) is 0.156. The third-order valence-electron chi connectivity index (χ3n) is 5.13. The summed E-state index contributed by atoms with van der Waals surface area (Å²) in [5.74, 6) is 0.696. The molecule has 7 nitrogen and oxygen atoms in total. The van der Waals surface area contributed by atoms with Crippen molar-refractivity contribution in [2.45, 2.75) is 0 Å². The molecule has 0 bridgehead atoms. The molecular formula is C29H24N2O5. The second kappa shape index (κ2) is 12.0. The Morgan fingerprint density at radius 3 is 2.19 bits per heavy atom. The van der Waals surface area contributed by atoms with Crippen LogP contribution in [0.3, 0.4) is 0 Å². The van der Waals surface area contributed by atoms with Crippen molar-refractivity contribution in [2.75, 3.05) is 13.7 Å². The molecule has 36 heavy (non-hydrogen) atoms. The van der Waals surface area contributed by atoms with E-state index in [1.165, 1.54) is 6.21 Å². The zero-order chi connectivity index (χ0) is 25.2. The lowest BCUT2D eigenvalue weighted by Gasteiger charge is -2.07. The van der Waals surface area contributed by atoms with Gasteiger partial charge in [-0.25, -0.2) is 10.2 Å². The number of methoxy groups -OCH3 is 1. The van der Waals surface area contributed by atoms with E-state index in [4.69, 9.17) is 14.2 Å². The molecule has 0 heterocycles. The molecule has 4 aromatic rings. The third-order valence-corrected chi connectivity index (χ3v) is 5.13. The monoisotopic (exact) mass is 480 g/mol. The Bertz CT molecular complexity index is 1330. The van der Waals surface area contributed by atoms with Crippen molar-refractivity contribution in [1.29, 1.82) is 0 Å². The molecule has 0 atom stereocenters. The van der Waals surface area contributed by atoms with E-state index in [-0.39, 0.29) is 6.61 Å². The van der Waals surface area contributed by atoms with Crippen molar-refractivity contribution >= 4 is 18.1 Å². The minimum Gasteiger partial charge on any atom is -0.497 e. The summed E-state index contributed by atoms with van der Waals surface area (Å²) in [6, 6.07) is 30.9. The smallest absolute Gasteiger partial charge is 0.343 e. The van der Waals surface area contributed by atoms with E-state index in [9.17, 15) is 9.59 Å². The number of hydrogen-bond acceptors (Lipinski definition) is 6. The topological polar surface area (TPSA) is 86.2 Å². The van der Waals surface area contributed by atoms with E-state index < -0.39 is 11.9 Å². The lowest BCUT2D eigenvalue weighted by Crippen LogP contribution is -2.24. The first kappa shape index (κ1) is 24.2. The molecule has 0 aliphatic carbocycles. The van der Waals surface area contributed by atoms with Gasteiger partial charge in [0.25, 0.3) is 5.91 Å². The zero-order valence-electron chi connectivity index (χ0n) is 19.6. The maximum absolute atomic E-state index is 12.3. The number of hydrogen-bond donors (Lipinski definition) is 1. The summed E-state index contributed by atoms with van der Waals surface area (Å²) >= 11 is 0. The predicted octanol–water partition coefficient (Wildman–Crippen LogP) is 5.11. The first-order valence-corrected chi connectivity index (χ1v) is 11.2. The van der Waals surface area contributed by atoms with Crippen LogP contribution in [0.1, 0.15) is 15.9 Å². The van der Waals surface area contributed by atoms with E-state index in [1.807, 2.05) is 54.6 Å². The van der Waals surface area contributed by atoms with Gasteiger partial charge in [-0.3, -0.25) is 4.79 Å². The van der Waals surface area contributed by atoms with Crippen LogP contribution in [0.5, 0.6) is 17.2 Å². The van der Waals surface area contributed by atoms with E-state index in [2.05, 4.69) is 10.5 Å². The molecule has 0 unspecified atom stereocenters. The Hall–Kier alpha value is -4.91. The molecule has 4 aromatic carbocycles. The molecule has 0 aliphatic heterocycles. The van der Waals surface area contributed by atoms with Crippen LogP contribution in [0.25, 0.3) is 11.1 Å². The largest absolute Gasteiger partial charge is 0.497 e. The molecule has 0 aromatic heterocycles. The highest BCUT2D eigenvalue weighted by Crippen LogP contribution is 2.22. The van der Waals surface area contributed by atoms with Gasteiger partial charge in [0.05, 0.1) is 18.9 Å². The van der Waals surface area contributed by atoms with Gasteiger partial charge in [-0.15, -0.1) is 0 Å².